The summed E-state index contributed by atoms with van der Waals surface area (Å²) in [5, 5.41) is 9.07. The summed E-state index contributed by atoms with van der Waals surface area (Å²) >= 11 is 0. The van der Waals surface area contributed by atoms with Crippen molar-refractivity contribution in [1.82, 2.24) is 9.03 Å². The van der Waals surface area contributed by atoms with Gasteiger partial charge in [-0.05, 0) is 6.42 Å². The lowest BCUT2D eigenvalue weighted by atomic mass is 10.1. The van der Waals surface area contributed by atoms with Gasteiger partial charge >= 0.3 is 5.97 Å². The molecule has 0 rings (SSSR count). The summed E-state index contributed by atoms with van der Waals surface area (Å²) in [6, 6.07) is -0.627. The molecular formula is C20H44N3O4S+. The number of unbranched alkanes of at least 4 members (excludes halogenated alkanes) is 9. The fraction of sp³-hybridized carbons (Fsp3) is 0.950. The first-order valence-corrected chi connectivity index (χ1v) is 12.2. The quantitative estimate of drug-likeness (QED) is 0.262. The molecule has 168 valence electrons. The van der Waals surface area contributed by atoms with Crippen molar-refractivity contribution < 1.29 is 22.8 Å². The van der Waals surface area contributed by atoms with E-state index in [9.17, 15) is 13.2 Å². The Hall–Kier alpha value is -0.700. The first kappa shape index (κ1) is 27.3. The van der Waals surface area contributed by atoms with E-state index in [1.807, 2.05) is 21.1 Å². The van der Waals surface area contributed by atoms with E-state index in [1.165, 1.54) is 49.3 Å². The van der Waals surface area contributed by atoms with Crippen LogP contribution >= 0.6 is 0 Å². The van der Waals surface area contributed by atoms with Gasteiger partial charge in [0, 0.05) is 13.6 Å². The molecule has 1 atom stereocenters. The zero-order chi connectivity index (χ0) is 21.6. The third-order valence-corrected chi connectivity index (χ3v) is 6.38. The largest absolute Gasteiger partial charge is 0.481 e. The molecule has 0 radical (unpaired) electrons. The number of quaternary nitrogens is 1. The number of nitrogens with one attached hydrogen (secondary N) is 1. The summed E-state index contributed by atoms with van der Waals surface area (Å²) in [4.78, 5) is 11.1. The monoisotopic (exact) mass is 422 g/mol. The average Bonchev–Trinajstić information content (AvgIpc) is 2.53. The van der Waals surface area contributed by atoms with Crippen LogP contribution in [0, 0.1) is 0 Å². The van der Waals surface area contributed by atoms with E-state index in [2.05, 4.69) is 11.6 Å². The molecule has 0 fully saturated rings. The Labute approximate surface area is 173 Å². The van der Waals surface area contributed by atoms with Crippen molar-refractivity contribution >= 4 is 16.2 Å². The van der Waals surface area contributed by atoms with Crippen LogP contribution in [-0.2, 0) is 15.0 Å². The molecule has 0 aromatic rings. The summed E-state index contributed by atoms with van der Waals surface area (Å²) in [7, 11) is 3.62. The number of likely N-dealkylation sites (N-methyl/N-ethyl adjacent to an activating group) is 1. The molecule has 0 saturated heterocycles. The van der Waals surface area contributed by atoms with Gasteiger partial charge in [-0.2, -0.15) is 17.4 Å². The number of nitrogens with zero attached hydrogens (tertiary/aromatic N) is 2. The maximum Gasteiger partial charge on any atom is 0.305 e. The summed E-state index contributed by atoms with van der Waals surface area (Å²) in [6.07, 6.45) is 11.8. The van der Waals surface area contributed by atoms with Crippen molar-refractivity contribution in [2.75, 3.05) is 41.3 Å². The first-order valence-electron chi connectivity index (χ1n) is 10.7. The Morgan fingerprint density at radius 3 is 1.86 bits per heavy atom. The molecule has 0 heterocycles. The van der Waals surface area contributed by atoms with Gasteiger partial charge in [-0.3, -0.25) is 4.79 Å². The van der Waals surface area contributed by atoms with Gasteiger partial charge in [-0.1, -0.05) is 64.7 Å². The van der Waals surface area contributed by atoms with Crippen molar-refractivity contribution in [1.29, 1.82) is 0 Å². The molecule has 0 aromatic carbocycles. The fourth-order valence-corrected chi connectivity index (χ4v) is 4.39. The number of rotatable bonds is 18. The standard InChI is InChI=1S/C20H43N3O4S/c1-6-7-8-9-10-11-12-13-14-15-16-22(2)28(26,27)21-19(17-20(24)25)18-23(3,4)5/h19,21H,6-18H2,1-5H3/p+1/t19-/m1/s1. The van der Waals surface area contributed by atoms with E-state index in [-0.39, 0.29) is 6.42 Å². The van der Waals surface area contributed by atoms with E-state index in [0.29, 0.717) is 17.6 Å². The minimum absolute atomic E-state index is 0.221. The maximum atomic E-state index is 12.5. The lowest BCUT2D eigenvalue weighted by Gasteiger charge is -2.30. The molecule has 2 N–H and O–H groups in total. The van der Waals surface area contributed by atoms with E-state index >= 15 is 0 Å². The van der Waals surface area contributed by atoms with Crippen molar-refractivity contribution in [3.63, 3.8) is 0 Å². The fourth-order valence-electron chi connectivity index (χ4n) is 3.26. The van der Waals surface area contributed by atoms with Crippen LogP contribution in [0.1, 0.15) is 77.6 Å². The van der Waals surface area contributed by atoms with Crippen molar-refractivity contribution in [3.05, 3.63) is 0 Å². The third-order valence-electron chi connectivity index (χ3n) is 4.74. The van der Waals surface area contributed by atoms with Crippen LogP contribution in [0.5, 0.6) is 0 Å². The minimum Gasteiger partial charge on any atom is -0.481 e. The molecule has 0 saturated carbocycles. The second-order valence-electron chi connectivity index (χ2n) is 8.89. The van der Waals surface area contributed by atoms with Gasteiger partial charge in [-0.25, -0.2) is 0 Å². The van der Waals surface area contributed by atoms with Crippen molar-refractivity contribution in [2.24, 2.45) is 0 Å². The second kappa shape index (κ2) is 14.3. The predicted molar refractivity (Wildman–Crippen MR) is 115 cm³/mol. The molecule has 0 aliphatic rings. The molecule has 0 aliphatic heterocycles. The van der Waals surface area contributed by atoms with Gasteiger partial charge in [-0.15, -0.1) is 0 Å². The Kier molecular flexibility index (Phi) is 14.0. The highest BCUT2D eigenvalue weighted by Gasteiger charge is 2.27. The van der Waals surface area contributed by atoms with Crippen LogP contribution in [0.4, 0.5) is 0 Å². The van der Waals surface area contributed by atoms with Crippen LogP contribution in [0.15, 0.2) is 0 Å². The summed E-state index contributed by atoms with van der Waals surface area (Å²) in [6.45, 7) is 3.09. The zero-order valence-corrected chi connectivity index (χ0v) is 19.6. The van der Waals surface area contributed by atoms with E-state index in [4.69, 9.17) is 5.11 Å². The Morgan fingerprint density at radius 1 is 0.964 bits per heavy atom. The minimum atomic E-state index is -3.68. The van der Waals surface area contributed by atoms with Crippen molar-refractivity contribution in [3.8, 4) is 0 Å². The number of carboxylic acid groups (broad SMARTS) is 1. The van der Waals surface area contributed by atoms with Gasteiger partial charge in [0.25, 0.3) is 10.2 Å². The highest BCUT2D eigenvalue weighted by atomic mass is 32.2. The van der Waals surface area contributed by atoms with E-state index < -0.39 is 22.2 Å². The van der Waals surface area contributed by atoms with Gasteiger partial charge in [0.1, 0.15) is 0 Å². The zero-order valence-electron chi connectivity index (χ0n) is 18.7. The second-order valence-corrected chi connectivity index (χ2v) is 10.7. The lowest BCUT2D eigenvalue weighted by Crippen LogP contribution is -2.52. The predicted octanol–water partition coefficient (Wildman–Crippen LogP) is 3.22. The molecule has 7 nitrogen and oxygen atoms in total. The Balaban J connectivity index is 4.18. The molecular weight excluding hydrogens is 378 g/mol. The van der Waals surface area contributed by atoms with Gasteiger partial charge in [0.2, 0.25) is 0 Å². The van der Waals surface area contributed by atoms with E-state index in [0.717, 1.165) is 19.3 Å². The smallest absolute Gasteiger partial charge is 0.305 e. The highest BCUT2D eigenvalue weighted by molar-refractivity contribution is 7.87. The Bertz CT molecular complexity index is 518. The SMILES string of the molecule is CCCCCCCCCCCCN(C)S(=O)(=O)N[C@H](CC(=O)O)C[N+](C)(C)C. The average molecular weight is 423 g/mol. The summed E-state index contributed by atoms with van der Waals surface area (Å²) < 4.78 is 29.4. The van der Waals surface area contributed by atoms with Gasteiger partial charge in [0.15, 0.2) is 0 Å². The van der Waals surface area contributed by atoms with Gasteiger partial charge in [0.05, 0.1) is 40.2 Å². The normalized spacial score (nSPS) is 13.8. The summed E-state index contributed by atoms with van der Waals surface area (Å²) in [5.41, 5.74) is 0. The molecule has 0 aromatic heterocycles. The van der Waals surface area contributed by atoms with E-state index in [1.54, 1.807) is 7.05 Å². The summed E-state index contributed by atoms with van der Waals surface area (Å²) in [5.74, 6) is -1.00. The van der Waals surface area contributed by atoms with Crippen LogP contribution in [0.2, 0.25) is 0 Å². The topological polar surface area (TPSA) is 86.7 Å². The van der Waals surface area contributed by atoms with Crippen molar-refractivity contribution in [2.45, 2.75) is 83.6 Å². The highest BCUT2D eigenvalue weighted by Crippen LogP contribution is 2.11. The molecule has 28 heavy (non-hydrogen) atoms. The molecule has 8 heteroatoms. The maximum absolute atomic E-state index is 12.5. The lowest BCUT2D eigenvalue weighted by molar-refractivity contribution is -0.871. The van der Waals surface area contributed by atoms with Crippen LogP contribution in [0.25, 0.3) is 0 Å². The number of aliphatic carboxylic acids is 1. The number of carboxylic acids is 1. The first-order chi connectivity index (χ1) is 13.0. The molecule has 0 spiro atoms. The third kappa shape index (κ3) is 15.2. The molecule has 0 aliphatic carbocycles. The van der Waals surface area contributed by atoms with Gasteiger partial charge < -0.3 is 9.59 Å². The molecule has 0 amide bonds. The molecule has 0 unspecified atom stereocenters. The molecule has 0 bridgehead atoms. The number of carbonyl (C=O) groups is 1. The van der Waals surface area contributed by atoms with Crippen LogP contribution in [-0.4, -0.2) is 75.6 Å². The number of hydrogen-bond donors (Lipinski definition) is 2. The number of hydrogen-bond acceptors (Lipinski definition) is 3. The van der Waals surface area contributed by atoms with Crippen LogP contribution in [0.3, 0.4) is 0 Å². The van der Waals surface area contributed by atoms with Crippen LogP contribution < -0.4 is 4.72 Å². The Morgan fingerprint density at radius 2 is 1.43 bits per heavy atom.